The third-order valence-corrected chi connectivity index (χ3v) is 7.01. The SMILES string of the molecule is O=S(O)C(O)(Cn1cc[n+](CC(O)(S(=O)O)S(=O)O)c1)S(=O)O. The van der Waals surface area contributed by atoms with Gasteiger partial charge < -0.3 is 28.4 Å². The van der Waals surface area contributed by atoms with E-state index in [2.05, 4.69) is 0 Å². The zero-order valence-electron chi connectivity index (χ0n) is 11.0. The third kappa shape index (κ3) is 4.56. The Morgan fingerprint density at radius 1 is 0.870 bits per heavy atom. The van der Waals surface area contributed by atoms with Crippen molar-refractivity contribution in [3.8, 4) is 0 Å². The Morgan fingerprint density at radius 3 is 1.70 bits per heavy atom. The maximum Gasteiger partial charge on any atom is 0.304 e. The van der Waals surface area contributed by atoms with Crippen LogP contribution in [0.1, 0.15) is 0 Å². The van der Waals surface area contributed by atoms with E-state index in [1.807, 2.05) is 0 Å². The van der Waals surface area contributed by atoms with Crippen LogP contribution >= 0.6 is 0 Å². The van der Waals surface area contributed by atoms with Gasteiger partial charge in [0, 0.05) is 0 Å². The molecule has 0 aliphatic rings. The van der Waals surface area contributed by atoms with Crippen molar-refractivity contribution in [1.29, 1.82) is 0 Å². The second-order valence-electron chi connectivity index (χ2n) is 4.18. The molecule has 0 aliphatic carbocycles. The molecule has 0 fully saturated rings. The van der Waals surface area contributed by atoms with Crippen molar-refractivity contribution in [2.45, 2.75) is 21.6 Å². The minimum Gasteiger partial charge on any atom is -0.360 e. The summed E-state index contributed by atoms with van der Waals surface area (Å²) in [5.74, 6) is 0. The fraction of sp³-hybridized carbons (Fsp3) is 0.571. The van der Waals surface area contributed by atoms with Crippen molar-refractivity contribution >= 4 is 44.3 Å². The summed E-state index contributed by atoms with van der Waals surface area (Å²) in [4.78, 5) is 0. The highest BCUT2D eigenvalue weighted by atomic mass is 32.3. The van der Waals surface area contributed by atoms with Crippen LogP contribution in [0.2, 0.25) is 0 Å². The van der Waals surface area contributed by atoms with E-state index in [4.69, 9.17) is 18.2 Å². The monoisotopic (exact) mass is 413 g/mol. The molecule has 0 aliphatic heterocycles. The van der Waals surface area contributed by atoms with Crippen molar-refractivity contribution in [3.05, 3.63) is 18.7 Å². The highest BCUT2D eigenvalue weighted by Crippen LogP contribution is 2.16. The Hall–Kier alpha value is -0.430. The predicted molar refractivity (Wildman–Crippen MR) is 77.6 cm³/mol. The Balaban J connectivity index is 3.03. The molecule has 16 heteroatoms. The first kappa shape index (κ1) is 20.6. The molecule has 0 spiro atoms. The molecular weight excluding hydrogens is 400 g/mol. The van der Waals surface area contributed by atoms with Crippen LogP contribution in [0.5, 0.6) is 0 Å². The van der Waals surface area contributed by atoms with Gasteiger partial charge in [-0.3, -0.25) is 0 Å². The third-order valence-electron chi connectivity index (χ3n) is 2.60. The fourth-order valence-electron chi connectivity index (χ4n) is 1.43. The first-order valence-corrected chi connectivity index (χ1v) is 9.79. The molecule has 1 rings (SSSR count). The molecular formula is C7H13N2O10S4+. The predicted octanol–water partition coefficient (Wildman–Crippen LogP) is -3.05. The van der Waals surface area contributed by atoms with Crippen LogP contribution in [0.3, 0.4) is 0 Å². The molecule has 4 atom stereocenters. The van der Waals surface area contributed by atoms with Crippen LogP contribution in [-0.2, 0) is 57.4 Å². The highest BCUT2D eigenvalue weighted by Gasteiger charge is 2.46. The van der Waals surface area contributed by atoms with Crippen LogP contribution in [0.25, 0.3) is 0 Å². The summed E-state index contributed by atoms with van der Waals surface area (Å²) in [6.07, 6.45) is 3.27. The van der Waals surface area contributed by atoms with E-state index in [9.17, 15) is 27.0 Å². The normalized spacial score (nSPS) is 22.5. The van der Waals surface area contributed by atoms with E-state index in [1.54, 1.807) is 0 Å². The lowest BCUT2D eigenvalue weighted by atomic mass is 10.6. The van der Waals surface area contributed by atoms with E-state index in [0.29, 0.717) is 0 Å². The van der Waals surface area contributed by atoms with Crippen LogP contribution in [0, 0.1) is 0 Å². The standard InChI is InChI=1S/C7H12N2O10S4/c10-6(20(12)13,21(14)15)3-8-1-2-9(5-8)4-7(11,22(16)17)23(18)19/h1-2,5,10-11H,3-4H2,(H3-,12,13,14,15,16,17,18,19)/p+1. The van der Waals surface area contributed by atoms with Gasteiger partial charge in [-0.1, -0.05) is 0 Å². The topological polar surface area (TPSA) is 198 Å². The first-order chi connectivity index (χ1) is 10.4. The molecule has 0 bridgehead atoms. The molecule has 23 heavy (non-hydrogen) atoms. The number of hydrogen-bond donors (Lipinski definition) is 6. The number of hydrogen-bond acceptors (Lipinski definition) is 6. The lowest BCUT2D eigenvalue weighted by Gasteiger charge is -2.18. The molecule has 0 amide bonds. The largest absolute Gasteiger partial charge is 0.360 e. The van der Waals surface area contributed by atoms with Crippen molar-refractivity contribution in [2.24, 2.45) is 0 Å². The number of aliphatic hydroxyl groups is 2. The Kier molecular flexibility index (Phi) is 6.84. The molecule has 0 radical (unpaired) electrons. The summed E-state index contributed by atoms with van der Waals surface area (Å²) >= 11 is -12.3. The lowest BCUT2D eigenvalue weighted by molar-refractivity contribution is -0.702. The molecule has 134 valence electrons. The van der Waals surface area contributed by atoms with Gasteiger partial charge >= 0.3 is 8.53 Å². The molecule has 0 aromatic carbocycles. The summed E-state index contributed by atoms with van der Waals surface area (Å²) in [6, 6.07) is 0. The average Bonchev–Trinajstić information content (AvgIpc) is 2.84. The maximum absolute atomic E-state index is 11.0. The molecule has 0 saturated carbocycles. The molecule has 6 N–H and O–H groups in total. The van der Waals surface area contributed by atoms with Crippen molar-refractivity contribution < 1.29 is 49.8 Å². The number of aromatic nitrogens is 2. The van der Waals surface area contributed by atoms with E-state index in [0.717, 1.165) is 27.9 Å². The molecule has 12 nitrogen and oxygen atoms in total. The minimum absolute atomic E-state index is 0.810. The smallest absolute Gasteiger partial charge is 0.304 e. The quantitative estimate of drug-likeness (QED) is 0.188. The van der Waals surface area contributed by atoms with Crippen molar-refractivity contribution in [1.82, 2.24) is 4.57 Å². The number of nitrogens with zero attached hydrogens (tertiary/aromatic N) is 2. The van der Waals surface area contributed by atoms with Crippen molar-refractivity contribution in [3.63, 3.8) is 0 Å². The summed E-state index contributed by atoms with van der Waals surface area (Å²) in [7, 11) is 0. The minimum atomic E-state index is -3.08. The summed E-state index contributed by atoms with van der Waals surface area (Å²) < 4.78 is 75.7. The van der Waals surface area contributed by atoms with Gasteiger partial charge in [-0.2, -0.15) is 0 Å². The molecule has 4 unspecified atom stereocenters. The van der Waals surface area contributed by atoms with Gasteiger partial charge in [-0.15, -0.1) is 0 Å². The number of rotatable bonds is 8. The first-order valence-electron chi connectivity index (χ1n) is 5.37. The lowest BCUT2D eigenvalue weighted by Crippen LogP contribution is -2.52. The van der Waals surface area contributed by atoms with Gasteiger partial charge in [0.2, 0.25) is 50.6 Å². The van der Waals surface area contributed by atoms with Crippen molar-refractivity contribution in [2.75, 3.05) is 0 Å². The highest BCUT2D eigenvalue weighted by molar-refractivity contribution is 7.99. The number of imidazole rings is 1. The van der Waals surface area contributed by atoms with Crippen LogP contribution in [0.15, 0.2) is 18.7 Å². The van der Waals surface area contributed by atoms with E-state index < -0.39 is 65.9 Å². The molecule has 1 aromatic heterocycles. The van der Waals surface area contributed by atoms with E-state index in [-0.39, 0.29) is 0 Å². The molecule has 0 saturated heterocycles. The van der Waals surface area contributed by atoms with Gasteiger partial charge in [0.1, 0.15) is 25.5 Å². The maximum atomic E-state index is 11.0. The summed E-state index contributed by atoms with van der Waals surface area (Å²) in [6.45, 7) is -1.62. The van der Waals surface area contributed by atoms with Crippen LogP contribution in [0.4, 0.5) is 0 Å². The molecule has 1 heterocycles. The Bertz CT molecular complexity index is 591. The van der Waals surface area contributed by atoms with Gasteiger partial charge in [-0.05, 0) is 0 Å². The second kappa shape index (κ2) is 7.64. The zero-order valence-corrected chi connectivity index (χ0v) is 14.3. The van der Waals surface area contributed by atoms with Gasteiger partial charge in [0.05, 0.1) is 0 Å². The Morgan fingerprint density at radius 2 is 1.30 bits per heavy atom. The molecule has 1 aromatic rings. The van der Waals surface area contributed by atoms with Gasteiger partial charge in [0.25, 0.3) is 0 Å². The Labute approximate surface area is 139 Å². The zero-order chi connectivity index (χ0) is 18.0. The van der Waals surface area contributed by atoms with Gasteiger partial charge in [0.15, 0.2) is 0 Å². The average molecular weight is 413 g/mol. The van der Waals surface area contributed by atoms with E-state index >= 15 is 0 Å². The summed E-state index contributed by atoms with van der Waals surface area (Å²) in [5.41, 5.74) is 0. The van der Waals surface area contributed by atoms with Crippen LogP contribution < -0.4 is 4.57 Å². The van der Waals surface area contributed by atoms with Crippen LogP contribution in [-0.4, -0.2) is 58.4 Å². The second-order valence-corrected chi connectivity index (χ2v) is 9.39. The van der Waals surface area contributed by atoms with E-state index in [1.165, 1.54) is 0 Å². The van der Waals surface area contributed by atoms with Gasteiger partial charge in [-0.25, -0.2) is 26.0 Å². The fourth-order valence-corrected chi connectivity index (χ4v) is 3.44. The summed E-state index contributed by atoms with van der Waals surface area (Å²) in [5, 5.41) is 19.4.